The maximum absolute atomic E-state index is 12.7. The number of amides is 2. The van der Waals surface area contributed by atoms with Crippen molar-refractivity contribution in [2.75, 3.05) is 10.7 Å². The number of thioether (sulfide) groups is 1. The number of amidine groups is 1. The summed E-state index contributed by atoms with van der Waals surface area (Å²) < 4.78 is 42.6. The van der Waals surface area contributed by atoms with Gasteiger partial charge in [-0.1, -0.05) is 66.7 Å². The molecule has 9 nitrogen and oxygen atoms in total. The van der Waals surface area contributed by atoms with Crippen LogP contribution in [0.2, 0.25) is 5.02 Å². The fraction of sp³-hybridized carbons (Fsp3) is 0.200. The Kier molecular flexibility index (Phi) is 8.10. The minimum atomic E-state index is -4.76. The van der Waals surface area contributed by atoms with Gasteiger partial charge >= 0.3 is 12.4 Å². The third-order valence-corrected chi connectivity index (χ3v) is 8.19. The Hall–Kier alpha value is -4.33. The molecular formula is C30H24ClF3N6O3S. The fourth-order valence-electron chi connectivity index (χ4n) is 4.87. The summed E-state index contributed by atoms with van der Waals surface area (Å²) in [6, 6.07) is 17.7. The van der Waals surface area contributed by atoms with Crippen LogP contribution in [0, 0.1) is 0 Å². The molecular weight excluding hydrogens is 617 g/mol. The molecule has 0 bridgehead atoms. The van der Waals surface area contributed by atoms with Gasteiger partial charge in [0.15, 0.2) is 11.0 Å². The molecule has 2 aliphatic heterocycles. The number of allylic oxidation sites excluding steroid dienone is 1. The highest BCUT2D eigenvalue weighted by molar-refractivity contribution is 8.14. The van der Waals surface area contributed by atoms with E-state index in [1.165, 1.54) is 47.0 Å². The average molecular weight is 641 g/mol. The van der Waals surface area contributed by atoms with Crippen molar-refractivity contribution < 1.29 is 27.5 Å². The summed E-state index contributed by atoms with van der Waals surface area (Å²) in [5.74, 6) is 1.02. The molecule has 3 heterocycles. The van der Waals surface area contributed by atoms with Crippen LogP contribution in [0.4, 0.5) is 23.7 Å². The van der Waals surface area contributed by atoms with E-state index in [2.05, 4.69) is 38.3 Å². The molecule has 1 aromatic heterocycles. The molecule has 4 aromatic rings. The zero-order valence-corrected chi connectivity index (χ0v) is 24.8. The normalized spacial score (nSPS) is 17.6. The van der Waals surface area contributed by atoms with Crippen molar-refractivity contribution in [1.82, 2.24) is 20.2 Å². The number of nitrogens with zero attached hydrogens (tertiary/aromatic N) is 5. The number of urea groups is 1. The predicted octanol–water partition coefficient (Wildman–Crippen LogP) is 7.80. The molecule has 2 aliphatic rings. The summed E-state index contributed by atoms with van der Waals surface area (Å²) >= 11 is 7.74. The van der Waals surface area contributed by atoms with E-state index in [0.29, 0.717) is 33.0 Å². The van der Waals surface area contributed by atoms with Crippen LogP contribution in [0.5, 0.6) is 5.75 Å². The first-order valence-electron chi connectivity index (χ1n) is 13.4. The van der Waals surface area contributed by atoms with E-state index in [-0.39, 0.29) is 11.7 Å². The lowest BCUT2D eigenvalue weighted by Crippen LogP contribution is -2.29. The second-order valence-corrected chi connectivity index (χ2v) is 11.4. The SMILES string of the molecule is CC1C=C2CSC(=NC(=O)NOC(C)c3ccc(-c4ncn(-c5ccc(OC(F)(F)F)cc5)n4)cc3)N2c2cc(Cl)ccc21. The van der Waals surface area contributed by atoms with Gasteiger partial charge in [0.1, 0.15) is 18.2 Å². The molecule has 1 saturated heterocycles. The van der Waals surface area contributed by atoms with Crippen LogP contribution >= 0.6 is 23.4 Å². The molecule has 0 aliphatic carbocycles. The summed E-state index contributed by atoms with van der Waals surface area (Å²) in [4.78, 5) is 28.8. The standard InChI is InChI=1S/C30H24ClF3N6O3S/c1-17-13-23-15-44-29(40(23)26-14-21(31)7-12-25(17)26)36-28(41)38-43-18(2)19-3-5-20(6-4-19)27-35-16-39(37-27)22-8-10-24(11-9-22)42-30(32,33)34/h3-14,16-18H,15H2,1-2H3,(H,38,41). The minimum absolute atomic E-state index is 0.229. The smallest absolute Gasteiger partial charge is 0.406 e. The largest absolute Gasteiger partial charge is 0.573 e. The maximum Gasteiger partial charge on any atom is 0.573 e. The molecule has 2 amide bonds. The lowest BCUT2D eigenvalue weighted by atomic mass is 9.94. The zero-order chi connectivity index (χ0) is 31.0. The predicted molar refractivity (Wildman–Crippen MR) is 162 cm³/mol. The van der Waals surface area contributed by atoms with Crippen molar-refractivity contribution in [3.63, 3.8) is 0 Å². The molecule has 0 saturated carbocycles. The molecule has 226 valence electrons. The van der Waals surface area contributed by atoms with E-state index in [0.717, 1.165) is 22.5 Å². The molecule has 2 atom stereocenters. The summed E-state index contributed by atoms with van der Waals surface area (Å²) in [7, 11) is 0. The van der Waals surface area contributed by atoms with Gasteiger partial charge in [-0.3, -0.25) is 9.74 Å². The Morgan fingerprint density at radius 2 is 1.89 bits per heavy atom. The highest BCUT2D eigenvalue weighted by Crippen LogP contribution is 2.43. The number of carbonyl (C=O) groups excluding carboxylic acids is 1. The number of fused-ring (bicyclic) bond motifs is 3. The second kappa shape index (κ2) is 12.0. The van der Waals surface area contributed by atoms with Gasteiger partial charge in [0.05, 0.1) is 11.4 Å². The summed E-state index contributed by atoms with van der Waals surface area (Å²) in [6.07, 6.45) is -1.62. The number of hydroxylamine groups is 1. The zero-order valence-electron chi connectivity index (χ0n) is 23.2. The second-order valence-electron chi connectivity index (χ2n) is 10.0. The van der Waals surface area contributed by atoms with Crippen molar-refractivity contribution in [3.8, 4) is 22.8 Å². The van der Waals surface area contributed by atoms with E-state index in [1.807, 2.05) is 35.2 Å². The number of carbonyl (C=O) groups is 1. The number of halogens is 4. The van der Waals surface area contributed by atoms with Crippen LogP contribution < -0.4 is 15.1 Å². The number of hydrogen-bond acceptors (Lipinski definition) is 6. The lowest BCUT2D eigenvalue weighted by molar-refractivity contribution is -0.274. The monoisotopic (exact) mass is 640 g/mol. The summed E-state index contributed by atoms with van der Waals surface area (Å²) in [5, 5.41) is 5.57. The van der Waals surface area contributed by atoms with E-state index in [4.69, 9.17) is 16.4 Å². The van der Waals surface area contributed by atoms with Gasteiger partial charge in [-0.2, -0.15) is 4.99 Å². The fourth-order valence-corrected chi connectivity index (χ4v) is 6.03. The number of hydrogen-bond donors (Lipinski definition) is 1. The van der Waals surface area contributed by atoms with Crippen LogP contribution in [0.25, 0.3) is 17.1 Å². The van der Waals surface area contributed by atoms with Crippen LogP contribution in [0.1, 0.15) is 37.0 Å². The molecule has 14 heteroatoms. The number of alkyl halides is 3. The van der Waals surface area contributed by atoms with Crippen molar-refractivity contribution in [1.29, 1.82) is 0 Å². The van der Waals surface area contributed by atoms with Gasteiger partial charge in [0.2, 0.25) is 0 Å². The number of aromatic nitrogens is 3. The molecule has 3 aromatic carbocycles. The summed E-state index contributed by atoms with van der Waals surface area (Å²) in [6.45, 7) is 3.91. The lowest BCUT2D eigenvalue weighted by Gasteiger charge is -2.29. The third-order valence-electron chi connectivity index (χ3n) is 6.98. The van der Waals surface area contributed by atoms with Crippen molar-refractivity contribution in [3.05, 3.63) is 101 Å². The van der Waals surface area contributed by atoms with Gasteiger partial charge < -0.3 is 4.74 Å². The Bertz CT molecular complexity index is 1760. The Balaban J connectivity index is 1.07. The first kappa shape index (κ1) is 29.7. The maximum atomic E-state index is 12.7. The first-order chi connectivity index (χ1) is 21.0. The van der Waals surface area contributed by atoms with E-state index < -0.39 is 18.5 Å². The van der Waals surface area contributed by atoms with Gasteiger partial charge in [-0.15, -0.1) is 18.3 Å². The van der Waals surface area contributed by atoms with E-state index >= 15 is 0 Å². The molecule has 0 radical (unpaired) electrons. The average Bonchev–Trinajstić information content (AvgIpc) is 3.63. The number of ether oxygens (including phenoxy) is 1. The number of rotatable bonds is 6. The van der Waals surface area contributed by atoms with E-state index in [1.54, 1.807) is 19.1 Å². The first-order valence-corrected chi connectivity index (χ1v) is 14.8. The third kappa shape index (κ3) is 6.44. The van der Waals surface area contributed by atoms with Gasteiger partial charge in [0, 0.05) is 28.0 Å². The molecule has 6 rings (SSSR count). The van der Waals surface area contributed by atoms with Crippen LogP contribution in [0.15, 0.2) is 89.8 Å². The van der Waals surface area contributed by atoms with Gasteiger partial charge in [-0.05, 0) is 54.4 Å². The van der Waals surface area contributed by atoms with Gasteiger partial charge in [0.25, 0.3) is 0 Å². The highest BCUT2D eigenvalue weighted by atomic mass is 35.5. The molecule has 1 fully saturated rings. The highest BCUT2D eigenvalue weighted by Gasteiger charge is 2.34. The molecule has 2 unspecified atom stereocenters. The van der Waals surface area contributed by atoms with Crippen molar-refractivity contribution in [2.45, 2.75) is 32.2 Å². The molecule has 1 N–H and O–H groups in total. The van der Waals surface area contributed by atoms with Gasteiger partial charge in [-0.25, -0.2) is 19.9 Å². The quantitative estimate of drug-likeness (QED) is 0.215. The topological polar surface area (TPSA) is 93.9 Å². The van der Waals surface area contributed by atoms with Crippen LogP contribution in [-0.4, -0.2) is 38.1 Å². The Labute approximate surface area is 259 Å². The Morgan fingerprint density at radius 3 is 2.61 bits per heavy atom. The molecule has 44 heavy (non-hydrogen) atoms. The number of nitrogens with one attached hydrogen (secondary N) is 1. The van der Waals surface area contributed by atoms with Crippen LogP contribution in [-0.2, 0) is 4.84 Å². The molecule has 0 spiro atoms. The number of anilines is 1. The number of aliphatic imine (C=N–C) groups is 1. The van der Waals surface area contributed by atoms with Crippen LogP contribution in [0.3, 0.4) is 0 Å². The van der Waals surface area contributed by atoms with Crippen molar-refractivity contribution in [2.24, 2.45) is 4.99 Å². The minimum Gasteiger partial charge on any atom is -0.406 e. The summed E-state index contributed by atoms with van der Waals surface area (Å²) in [5.41, 5.74) is 7.53. The Morgan fingerprint density at radius 1 is 1.14 bits per heavy atom. The number of benzene rings is 3. The van der Waals surface area contributed by atoms with E-state index in [9.17, 15) is 18.0 Å². The van der Waals surface area contributed by atoms with Crippen molar-refractivity contribution >= 4 is 40.2 Å².